The monoisotopic (exact) mass is 904 g/mol. The van der Waals surface area contributed by atoms with Crippen LogP contribution >= 0.6 is 7.82 Å². The molecule has 0 rings (SSSR count). The Hall–Kier alpha value is -2.55. The van der Waals surface area contributed by atoms with Gasteiger partial charge in [-0.15, -0.1) is 0 Å². The van der Waals surface area contributed by atoms with Crippen molar-refractivity contribution in [2.45, 2.75) is 225 Å². The molecule has 0 saturated carbocycles. The molecule has 0 aliphatic carbocycles. The summed E-state index contributed by atoms with van der Waals surface area (Å²) in [5.74, 6) is -0.537. The summed E-state index contributed by atoms with van der Waals surface area (Å²) in [6.07, 6.45) is 61.2. The Bertz CT molecular complexity index is 1260. The minimum absolute atomic E-state index is 0.0752. The third kappa shape index (κ3) is 50.3. The molecule has 0 aromatic heterocycles. The van der Waals surface area contributed by atoms with Crippen molar-refractivity contribution in [3.8, 4) is 0 Å². The van der Waals surface area contributed by atoms with E-state index in [2.05, 4.69) is 92.1 Å². The Labute approximate surface area is 386 Å². The summed E-state index contributed by atoms with van der Waals surface area (Å²) in [6.45, 7) is 3.49. The number of hydrogen-bond acceptors (Lipinski definition) is 7. The second kappa shape index (κ2) is 48.9. The van der Waals surface area contributed by atoms with E-state index in [9.17, 15) is 24.2 Å². The van der Waals surface area contributed by atoms with Gasteiger partial charge in [-0.1, -0.05) is 189 Å². The third-order valence-corrected chi connectivity index (χ3v) is 11.6. The van der Waals surface area contributed by atoms with Crippen LogP contribution in [0, 0.1) is 0 Å². The average Bonchev–Trinajstić information content (AvgIpc) is 3.27. The number of phosphoric acid groups is 1. The molecule has 2 atom stereocenters. The lowest BCUT2D eigenvalue weighted by Crippen LogP contribution is -2.27. The summed E-state index contributed by atoms with van der Waals surface area (Å²) in [5.41, 5.74) is 0. The fraction of sp³-hybridized carbons (Fsp3) is 0.736. The van der Waals surface area contributed by atoms with Gasteiger partial charge in [0.1, 0.15) is 12.7 Å². The van der Waals surface area contributed by atoms with Crippen molar-refractivity contribution in [2.24, 2.45) is 0 Å². The Morgan fingerprint density at radius 3 is 1.29 bits per heavy atom. The Morgan fingerprint density at radius 2 is 0.857 bits per heavy atom. The number of ether oxygens (including phenoxy) is 1. The van der Waals surface area contributed by atoms with Crippen molar-refractivity contribution in [1.82, 2.24) is 5.32 Å². The molecule has 0 fully saturated rings. The van der Waals surface area contributed by atoms with Crippen LogP contribution in [0.25, 0.3) is 0 Å². The molecule has 0 heterocycles. The van der Waals surface area contributed by atoms with Gasteiger partial charge in [-0.25, -0.2) is 4.57 Å². The maximum Gasteiger partial charge on any atom is 0.472 e. The molecular weight excluding hydrogens is 810 g/mol. The zero-order chi connectivity index (χ0) is 46.0. The number of carbonyl (C=O) groups is 2. The van der Waals surface area contributed by atoms with E-state index < -0.39 is 26.5 Å². The molecule has 9 nitrogen and oxygen atoms in total. The number of aliphatic hydroxyl groups excluding tert-OH is 1. The Balaban J connectivity index is 3.61. The lowest BCUT2D eigenvalue weighted by atomic mass is 10.0. The number of amides is 1. The first-order chi connectivity index (χ1) is 30.8. The predicted molar refractivity (Wildman–Crippen MR) is 266 cm³/mol. The molecule has 0 spiro atoms. The largest absolute Gasteiger partial charge is 0.472 e. The lowest BCUT2D eigenvalue weighted by molar-refractivity contribution is -0.147. The van der Waals surface area contributed by atoms with Gasteiger partial charge in [-0.3, -0.25) is 18.6 Å². The zero-order valence-electron chi connectivity index (χ0n) is 40.3. The fourth-order valence-electron chi connectivity index (χ4n) is 6.75. The summed E-state index contributed by atoms with van der Waals surface area (Å²) >= 11 is 0. The van der Waals surface area contributed by atoms with Crippen LogP contribution in [0.15, 0.2) is 72.9 Å². The average molecular weight is 904 g/mol. The van der Waals surface area contributed by atoms with Crippen molar-refractivity contribution >= 4 is 19.7 Å². The van der Waals surface area contributed by atoms with Crippen molar-refractivity contribution < 1.29 is 37.9 Å². The van der Waals surface area contributed by atoms with Crippen molar-refractivity contribution in [1.29, 1.82) is 0 Å². The van der Waals surface area contributed by atoms with Gasteiger partial charge >= 0.3 is 13.8 Å². The fourth-order valence-corrected chi connectivity index (χ4v) is 7.50. The molecule has 0 aromatic rings. The zero-order valence-corrected chi connectivity index (χ0v) is 41.1. The SMILES string of the molecule is CCCCC/C=C\C/C=C\C/C=C\C/C=C\CCCCCCCC(=O)OCC(O)COP(=O)(O)OCCNC(=O)CCCCCCCCCCCCC/C=C\C/C=C\CCCCC. The highest BCUT2D eigenvalue weighted by Crippen LogP contribution is 2.42. The molecule has 63 heavy (non-hydrogen) atoms. The van der Waals surface area contributed by atoms with Gasteiger partial charge in [0.2, 0.25) is 5.91 Å². The number of rotatable bonds is 47. The quantitative estimate of drug-likeness (QED) is 0.0238. The standard InChI is InChI=1S/C53H94NO8P/c1-3-5-7-9-11-13-15-17-19-21-23-25-27-29-31-33-35-37-39-41-43-45-52(56)54-47-48-61-63(58,59)62-50-51(55)49-60-53(57)46-44-42-40-38-36-34-32-30-28-26-24-22-20-18-16-14-12-10-8-6-4-2/h11-14,17-20,24,26,30,32,51,55H,3-10,15-16,21-23,25,27-29,31,33-50H2,1-2H3,(H,54,56)(H,58,59)/b13-11-,14-12-,19-17-,20-18-,26-24-,32-30-. The van der Waals surface area contributed by atoms with Gasteiger partial charge in [0.15, 0.2) is 0 Å². The van der Waals surface area contributed by atoms with Gasteiger partial charge in [0, 0.05) is 19.4 Å². The van der Waals surface area contributed by atoms with Crippen LogP contribution < -0.4 is 5.32 Å². The molecular formula is C53H94NO8P. The minimum atomic E-state index is -4.43. The summed E-state index contributed by atoms with van der Waals surface area (Å²) in [4.78, 5) is 34.1. The predicted octanol–water partition coefficient (Wildman–Crippen LogP) is 15.0. The number of esters is 1. The molecule has 0 aromatic carbocycles. The number of phosphoric ester groups is 1. The van der Waals surface area contributed by atoms with Crippen LogP contribution in [-0.2, 0) is 27.9 Å². The van der Waals surface area contributed by atoms with Gasteiger partial charge in [-0.2, -0.15) is 0 Å². The highest BCUT2D eigenvalue weighted by atomic mass is 31.2. The van der Waals surface area contributed by atoms with Gasteiger partial charge < -0.3 is 20.1 Å². The van der Waals surface area contributed by atoms with Gasteiger partial charge in [0.25, 0.3) is 0 Å². The number of allylic oxidation sites excluding steroid dienone is 12. The number of carbonyl (C=O) groups excluding carboxylic acids is 2. The molecule has 364 valence electrons. The van der Waals surface area contributed by atoms with E-state index in [4.69, 9.17) is 13.8 Å². The maximum atomic E-state index is 12.1. The Kier molecular flexibility index (Phi) is 46.9. The van der Waals surface area contributed by atoms with Crippen LogP contribution in [0.4, 0.5) is 0 Å². The first-order valence-corrected chi connectivity index (χ1v) is 26.9. The van der Waals surface area contributed by atoms with E-state index in [0.29, 0.717) is 12.8 Å². The smallest absolute Gasteiger partial charge is 0.463 e. The number of nitrogens with one attached hydrogen (secondary N) is 1. The second-order valence-electron chi connectivity index (χ2n) is 16.8. The van der Waals surface area contributed by atoms with E-state index in [1.54, 1.807) is 0 Å². The van der Waals surface area contributed by atoms with E-state index in [1.165, 1.54) is 109 Å². The third-order valence-electron chi connectivity index (χ3n) is 10.6. The Morgan fingerprint density at radius 1 is 0.492 bits per heavy atom. The summed E-state index contributed by atoms with van der Waals surface area (Å²) in [6, 6.07) is 0. The molecule has 0 radical (unpaired) electrons. The molecule has 3 N–H and O–H groups in total. The van der Waals surface area contributed by atoms with Crippen molar-refractivity contribution in [2.75, 3.05) is 26.4 Å². The van der Waals surface area contributed by atoms with Crippen LogP contribution in [0.1, 0.15) is 219 Å². The lowest BCUT2D eigenvalue weighted by Gasteiger charge is -2.15. The second-order valence-corrected chi connectivity index (χ2v) is 18.2. The van der Waals surface area contributed by atoms with Crippen LogP contribution in [0.2, 0.25) is 0 Å². The molecule has 0 aliphatic rings. The summed E-state index contributed by atoms with van der Waals surface area (Å²) in [5, 5.41) is 12.7. The summed E-state index contributed by atoms with van der Waals surface area (Å²) in [7, 11) is -4.43. The minimum Gasteiger partial charge on any atom is -0.463 e. The van der Waals surface area contributed by atoms with Crippen LogP contribution in [0.5, 0.6) is 0 Å². The molecule has 0 bridgehead atoms. The molecule has 1 amide bonds. The topological polar surface area (TPSA) is 131 Å². The van der Waals surface area contributed by atoms with E-state index >= 15 is 0 Å². The van der Waals surface area contributed by atoms with Gasteiger partial charge in [0.05, 0.1) is 13.2 Å². The molecule has 2 unspecified atom stereocenters. The van der Waals surface area contributed by atoms with Crippen molar-refractivity contribution in [3.05, 3.63) is 72.9 Å². The van der Waals surface area contributed by atoms with E-state index in [1.807, 2.05) is 0 Å². The highest BCUT2D eigenvalue weighted by molar-refractivity contribution is 7.47. The molecule has 0 aliphatic heterocycles. The van der Waals surface area contributed by atoms with E-state index in [0.717, 1.165) is 77.0 Å². The normalized spacial score (nSPS) is 13.8. The maximum absolute atomic E-state index is 12.1. The number of hydrogen-bond donors (Lipinski definition) is 3. The van der Waals surface area contributed by atoms with Gasteiger partial charge in [-0.05, 0) is 89.9 Å². The first kappa shape index (κ1) is 60.5. The highest BCUT2D eigenvalue weighted by Gasteiger charge is 2.23. The number of aliphatic hydroxyl groups is 1. The first-order valence-electron chi connectivity index (χ1n) is 25.4. The molecule has 10 heteroatoms. The van der Waals surface area contributed by atoms with E-state index in [-0.39, 0.29) is 32.1 Å². The van der Waals surface area contributed by atoms with Crippen LogP contribution in [0.3, 0.4) is 0 Å². The van der Waals surface area contributed by atoms with Crippen molar-refractivity contribution in [3.63, 3.8) is 0 Å². The van der Waals surface area contributed by atoms with Crippen LogP contribution in [-0.4, -0.2) is 54.3 Å². The molecule has 0 saturated heterocycles. The number of unbranched alkanes of at least 4 members (excludes halogenated alkanes) is 22. The summed E-state index contributed by atoms with van der Waals surface area (Å²) < 4.78 is 27.0.